The third kappa shape index (κ3) is 4.36. The molecule has 7 nitrogen and oxygen atoms in total. The molecule has 2 atom stereocenters. The number of ether oxygens (including phenoxy) is 2. The van der Waals surface area contributed by atoms with E-state index < -0.39 is 0 Å². The molecule has 0 bridgehead atoms. The Morgan fingerprint density at radius 1 is 1.37 bits per heavy atom. The molecule has 3 rings (SSSR count). The molecule has 0 unspecified atom stereocenters. The number of likely N-dealkylation sites (tertiary alicyclic amines) is 1. The maximum absolute atomic E-state index is 13.0. The fourth-order valence-electron chi connectivity index (χ4n) is 4.35. The van der Waals surface area contributed by atoms with Gasteiger partial charge in [-0.3, -0.25) is 14.4 Å². The van der Waals surface area contributed by atoms with Crippen LogP contribution in [0.25, 0.3) is 0 Å². The van der Waals surface area contributed by atoms with Crippen LogP contribution >= 0.6 is 0 Å². The first-order valence-corrected chi connectivity index (χ1v) is 10.1. The van der Waals surface area contributed by atoms with Gasteiger partial charge in [0.15, 0.2) is 0 Å². The molecule has 27 heavy (non-hydrogen) atoms. The lowest BCUT2D eigenvalue weighted by Gasteiger charge is -2.31. The monoisotopic (exact) mass is 378 g/mol. The number of hydrogen-bond donors (Lipinski definition) is 1. The van der Waals surface area contributed by atoms with Crippen LogP contribution in [0.2, 0.25) is 0 Å². The zero-order valence-corrected chi connectivity index (χ0v) is 17.4. The number of nitrogens with one attached hydrogen (secondary N) is 1. The van der Waals surface area contributed by atoms with Gasteiger partial charge in [-0.1, -0.05) is 0 Å². The summed E-state index contributed by atoms with van der Waals surface area (Å²) in [5.41, 5.74) is 2.81. The Kier molecular flexibility index (Phi) is 6.23. The molecule has 0 aromatic carbocycles. The van der Waals surface area contributed by atoms with Gasteiger partial charge in [0, 0.05) is 37.7 Å². The number of fused-ring (bicyclic) bond motifs is 1. The summed E-state index contributed by atoms with van der Waals surface area (Å²) in [5, 5.41) is 7.80. The Morgan fingerprint density at radius 3 is 2.81 bits per heavy atom. The molecule has 0 spiro atoms. The van der Waals surface area contributed by atoms with Crippen molar-refractivity contribution in [3.8, 4) is 0 Å². The van der Waals surface area contributed by atoms with Crippen molar-refractivity contribution in [3.63, 3.8) is 0 Å². The molecule has 0 radical (unpaired) electrons. The summed E-state index contributed by atoms with van der Waals surface area (Å²) in [6.45, 7) is 12.3. The highest BCUT2D eigenvalue weighted by Crippen LogP contribution is 2.31. The minimum atomic E-state index is -0.0931. The van der Waals surface area contributed by atoms with Gasteiger partial charge in [0.1, 0.15) is 5.69 Å². The van der Waals surface area contributed by atoms with Crippen LogP contribution in [0.3, 0.4) is 0 Å². The predicted molar refractivity (Wildman–Crippen MR) is 104 cm³/mol. The second-order valence-corrected chi connectivity index (χ2v) is 8.38. The lowest BCUT2D eigenvalue weighted by Crippen LogP contribution is -2.43. The fraction of sp³-hybridized carbons (Fsp3) is 0.800. The van der Waals surface area contributed by atoms with Gasteiger partial charge in [0.05, 0.1) is 31.1 Å². The summed E-state index contributed by atoms with van der Waals surface area (Å²) in [7, 11) is 1.66. The highest BCUT2D eigenvalue weighted by Gasteiger charge is 2.33. The summed E-state index contributed by atoms with van der Waals surface area (Å²) in [6.07, 6.45) is 3.16. The summed E-state index contributed by atoms with van der Waals surface area (Å²) < 4.78 is 12.9. The molecule has 1 fully saturated rings. The smallest absolute Gasteiger partial charge is 0.269 e. The molecule has 1 N–H and O–H groups in total. The molecule has 0 saturated carbocycles. The van der Waals surface area contributed by atoms with E-state index in [1.54, 1.807) is 11.8 Å². The van der Waals surface area contributed by atoms with Gasteiger partial charge in [-0.2, -0.15) is 5.10 Å². The summed E-state index contributed by atoms with van der Waals surface area (Å²) >= 11 is 0. The van der Waals surface area contributed by atoms with Crippen molar-refractivity contribution < 1.29 is 14.3 Å². The van der Waals surface area contributed by atoms with E-state index in [0.717, 1.165) is 24.3 Å². The van der Waals surface area contributed by atoms with Gasteiger partial charge < -0.3 is 14.8 Å². The van der Waals surface area contributed by atoms with Crippen molar-refractivity contribution >= 4 is 5.91 Å². The van der Waals surface area contributed by atoms with E-state index >= 15 is 0 Å². The number of rotatable bonds is 7. The molecule has 152 valence electrons. The average Bonchev–Trinajstić information content (AvgIpc) is 3.12. The zero-order valence-electron chi connectivity index (χ0n) is 17.4. The topological polar surface area (TPSA) is 68.6 Å². The van der Waals surface area contributed by atoms with E-state index in [0.29, 0.717) is 31.8 Å². The molecule has 0 aliphatic carbocycles. The van der Waals surface area contributed by atoms with Crippen LogP contribution < -0.4 is 5.32 Å². The maximum Gasteiger partial charge on any atom is 0.269 e. The minimum absolute atomic E-state index is 0.0434. The second-order valence-electron chi connectivity index (χ2n) is 8.38. The van der Waals surface area contributed by atoms with E-state index in [9.17, 15) is 4.79 Å². The summed E-state index contributed by atoms with van der Waals surface area (Å²) in [4.78, 5) is 15.5. The third-order valence-corrected chi connectivity index (χ3v) is 5.86. The number of amides is 1. The molecule has 1 aromatic rings. The Labute approximate surface area is 162 Å². The Morgan fingerprint density at radius 2 is 2.15 bits per heavy atom. The second kappa shape index (κ2) is 8.29. The fourth-order valence-corrected chi connectivity index (χ4v) is 4.35. The number of carbonyl (C=O) groups is 1. The number of carbonyl (C=O) groups excluding carboxylic acids is 1. The van der Waals surface area contributed by atoms with E-state index in [2.05, 4.69) is 29.2 Å². The third-order valence-electron chi connectivity index (χ3n) is 5.86. The van der Waals surface area contributed by atoms with Crippen LogP contribution in [0, 0.1) is 0 Å². The molecule has 1 saturated heterocycles. The summed E-state index contributed by atoms with van der Waals surface area (Å²) in [5.74, 6) is -0.0434. The van der Waals surface area contributed by atoms with Crippen molar-refractivity contribution in [1.29, 1.82) is 0 Å². The summed E-state index contributed by atoms with van der Waals surface area (Å²) in [6, 6.07) is 0. The van der Waals surface area contributed by atoms with Crippen LogP contribution in [-0.2, 0) is 22.4 Å². The van der Waals surface area contributed by atoms with Crippen molar-refractivity contribution in [2.75, 3.05) is 33.4 Å². The molecule has 7 heteroatoms. The lowest BCUT2D eigenvalue weighted by atomic mass is 9.99. The number of hydrogen-bond acceptors (Lipinski definition) is 5. The largest absolute Gasteiger partial charge is 0.383 e. The van der Waals surface area contributed by atoms with Gasteiger partial charge in [-0.25, -0.2) is 0 Å². The highest BCUT2D eigenvalue weighted by molar-refractivity contribution is 5.94. The first kappa shape index (κ1) is 20.3. The van der Waals surface area contributed by atoms with Crippen LogP contribution in [-0.4, -0.2) is 65.6 Å². The van der Waals surface area contributed by atoms with Gasteiger partial charge in [0.2, 0.25) is 0 Å². The quantitative estimate of drug-likeness (QED) is 0.787. The normalized spacial score (nSPS) is 24.8. The first-order chi connectivity index (χ1) is 12.8. The molecule has 2 aliphatic rings. The van der Waals surface area contributed by atoms with Crippen molar-refractivity contribution in [1.82, 2.24) is 20.0 Å². The predicted octanol–water partition coefficient (Wildman–Crippen LogP) is 2.16. The highest BCUT2D eigenvalue weighted by atomic mass is 16.5. The minimum Gasteiger partial charge on any atom is -0.383 e. The van der Waals surface area contributed by atoms with Crippen molar-refractivity contribution in [2.45, 2.75) is 71.2 Å². The van der Waals surface area contributed by atoms with Crippen LogP contribution in [0.15, 0.2) is 0 Å². The lowest BCUT2D eigenvalue weighted by molar-refractivity contribution is -0.00716. The molecule has 1 amide bonds. The number of nitrogens with zero attached hydrogens (tertiary/aromatic N) is 3. The van der Waals surface area contributed by atoms with Crippen LogP contribution in [0.4, 0.5) is 0 Å². The van der Waals surface area contributed by atoms with Crippen LogP contribution in [0.1, 0.15) is 68.4 Å². The van der Waals surface area contributed by atoms with Gasteiger partial charge >= 0.3 is 0 Å². The standard InChI is InChI=1S/C20H34N4O3/c1-14-13-16-17(15(2)27-14)22-24(11-12-26-5)18(16)19(25)21-8-10-23-9-6-7-20(23,3)4/h14-15H,6-13H2,1-5H3,(H,21,25)/t14-,15+/m0/s1. The first-order valence-electron chi connectivity index (χ1n) is 10.1. The molecule has 3 heterocycles. The van der Waals surface area contributed by atoms with Gasteiger partial charge in [-0.15, -0.1) is 0 Å². The van der Waals surface area contributed by atoms with Crippen molar-refractivity contribution in [3.05, 3.63) is 17.0 Å². The zero-order chi connectivity index (χ0) is 19.6. The maximum atomic E-state index is 13.0. The van der Waals surface area contributed by atoms with E-state index in [-0.39, 0.29) is 23.7 Å². The molecular weight excluding hydrogens is 344 g/mol. The molecule has 1 aromatic heterocycles. The Hall–Kier alpha value is -1.44. The number of methoxy groups -OCH3 is 1. The Bertz CT molecular complexity index is 670. The van der Waals surface area contributed by atoms with Crippen molar-refractivity contribution in [2.24, 2.45) is 0 Å². The SMILES string of the molecule is COCCn1nc2c(c1C(=O)NCCN1CCCC1(C)C)C[C@H](C)O[C@@H]2C. The average molecular weight is 379 g/mol. The molecular formula is C20H34N4O3. The van der Waals surface area contributed by atoms with Crippen LogP contribution in [0.5, 0.6) is 0 Å². The van der Waals surface area contributed by atoms with E-state index in [4.69, 9.17) is 9.47 Å². The van der Waals surface area contributed by atoms with E-state index in [1.165, 1.54) is 12.8 Å². The van der Waals surface area contributed by atoms with Gasteiger partial charge in [-0.05, 0) is 47.1 Å². The number of aromatic nitrogens is 2. The molecule has 2 aliphatic heterocycles. The Balaban J connectivity index is 1.72. The van der Waals surface area contributed by atoms with E-state index in [1.807, 2.05) is 13.8 Å². The van der Waals surface area contributed by atoms with Gasteiger partial charge in [0.25, 0.3) is 5.91 Å².